The molecule has 0 aliphatic heterocycles. The number of aryl methyl sites for hydroxylation is 2. The number of hydrogen-bond acceptors (Lipinski definition) is 2. The average molecular weight is 339 g/mol. The predicted molar refractivity (Wildman–Crippen MR) is 98.2 cm³/mol. The standard InChI is InChI=1S/C20H21NO2S/c1-15-6-10-18(11-7-15)17(3)14-20(4,21-5)24(22,23)19-12-8-16(2)9-13-19/h6-13H,3,14H2,1-2,4H3. The molecule has 0 bridgehead atoms. The highest BCUT2D eigenvalue weighted by molar-refractivity contribution is 7.93. The number of rotatable bonds is 5. The third-order valence-electron chi connectivity index (χ3n) is 4.15. The third-order valence-corrected chi connectivity index (χ3v) is 6.43. The molecule has 0 aromatic heterocycles. The van der Waals surface area contributed by atoms with Crippen molar-refractivity contribution in [1.82, 2.24) is 0 Å². The topological polar surface area (TPSA) is 38.5 Å². The first-order chi connectivity index (χ1) is 11.2. The summed E-state index contributed by atoms with van der Waals surface area (Å²) >= 11 is 0. The van der Waals surface area contributed by atoms with Crippen LogP contribution in [-0.4, -0.2) is 13.3 Å². The zero-order valence-corrected chi connectivity index (χ0v) is 15.0. The van der Waals surface area contributed by atoms with Gasteiger partial charge in [-0.2, -0.15) is 0 Å². The van der Waals surface area contributed by atoms with Crippen LogP contribution in [0.15, 0.2) is 60.0 Å². The molecule has 1 atom stereocenters. The van der Waals surface area contributed by atoms with Crippen molar-refractivity contribution in [3.05, 3.63) is 83.2 Å². The van der Waals surface area contributed by atoms with Crippen LogP contribution in [0.25, 0.3) is 10.4 Å². The van der Waals surface area contributed by atoms with Gasteiger partial charge in [-0.05, 0) is 37.1 Å². The van der Waals surface area contributed by atoms with Gasteiger partial charge in [0.2, 0.25) is 0 Å². The second-order valence-electron chi connectivity index (χ2n) is 6.25. The minimum atomic E-state index is -3.79. The number of nitrogens with zero attached hydrogens (tertiary/aromatic N) is 1. The highest BCUT2D eigenvalue weighted by atomic mass is 32.2. The van der Waals surface area contributed by atoms with Crippen LogP contribution in [0.3, 0.4) is 0 Å². The van der Waals surface area contributed by atoms with Crippen molar-refractivity contribution in [3.63, 3.8) is 0 Å². The van der Waals surface area contributed by atoms with E-state index < -0.39 is 14.7 Å². The fraction of sp³-hybridized carbons (Fsp3) is 0.250. The molecule has 4 heteroatoms. The van der Waals surface area contributed by atoms with E-state index in [2.05, 4.69) is 11.4 Å². The lowest BCUT2D eigenvalue weighted by Crippen LogP contribution is -2.32. The Bertz CT molecular complexity index is 888. The maximum absolute atomic E-state index is 13.0. The van der Waals surface area contributed by atoms with E-state index in [-0.39, 0.29) is 11.3 Å². The zero-order valence-electron chi connectivity index (χ0n) is 14.2. The Morgan fingerprint density at radius 2 is 1.50 bits per heavy atom. The van der Waals surface area contributed by atoms with E-state index in [1.165, 1.54) is 6.92 Å². The summed E-state index contributed by atoms with van der Waals surface area (Å²) in [6.45, 7) is 16.8. The quantitative estimate of drug-likeness (QED) is 0.733. The highest BCUT2D eigenvalue weighted by Crippen LogP contribution is 2.35. The average Bonchev–Trinajstić information content (AvgIpc) is 2.55. The van der Waals surface area contributed by atoms with E-state index in [9.17, 15) is 8.42 Å². The van der Waals surface area contributed by atoms with Crippen LogP contribution < -0.4 is 0 Å². The van der Waals surface area contributed by atoms with Crippen molar-refractivity contribution in [1.29, 1.82) is 0 Å². The second kappa shape index (κ2) is 6.62. The Kier molecular flexibility index (Phi) is 4.96. The lowest BCUT2D eigenvalue weighted by Gasteiger charge is -2.19. The van der Waals surface area contributed by atoms with Crippen molar-refractivity contribution >= 4 is 15.4 Å². The van der Waals surface area contributed by atoms with Gasteiger partial charge in [0.1, 0.15) is 0 Å². The molecule has 0 saturated heterocycles. The molecule has 2 aromatic rings. The molecule has 0 heterocycles. The minimum absolute atomic E-state index is 0.0652. The molecule has 124 valence electrons. The molecule has 2 rings (SSSR count). The Balaban J connectivity index is 2.37. The number of sulfone groups is 1. The largest absolute Gasteiger partial charge is 0.334 e. The van der Waals surface area contributed by atoms with Crippen LogP contribution in [0.4, 0.5) is 0 Å². The zero-order chi connectivity index (χ0) is 18.0. The van der Waals surface area contributed by atoms with Gasteiger partial charge < -0.3 is 0 Å². The summed E-state index contributed by atoms with van der Waals surface area (Å²) in [7, 11) is -3.79. The Hall–Kier alpha value is -2.38. The van der Waals surface area contributed by atoms with E-state index in [4.69, 9.17) is 6.57 Å². The maximum atomic E-state index is 13.0. The highest BCUT2D eigenvalue weighted by Gasteiger charge is 2.47. The smallest absolute Gasteiger partial charge is 0.293 e. The van der Waals surface area contributed by atoms with E-state index in [1.54, 1.807) is 24.3 Å². The van der Waals surface area contributed by atoms with Gasteiger partial charge in [-0.3, -0.25) is 4.85 Å². The summed E-state index contributed by atoms with van der Waals surface area (Å²) in [4.78, 5) is 2.07. The fourth-order valence-corrected chi connectivity index (χ4v) is 3.94. The first kappa shape index (κ1) is 18.0. The Morgan fingerprint density at radius 3 is 1.96 bits per heavy atom. The molecule has 0 radical (unpaired) electrons. The summed E-state index contributed by atoms with van der Waals surface area (Å²) in [5.74, 6) is 0. The molecule has 0 spiro atoms. The summed E-state index contributed by atoms with van der Waals surface area (Å²) in [5.41, 5.74) is 3.59. The van der Waals surface area contributed by atoms with E-state index in [1.807, 2.05) is 38.1 Å². The van der Waals surface area contributed by atoms with E-state index >= 15 is 0 Å². The van der Waals surface area contributed by atoms with Gasteiger partial charge in [-0.15, -0.1) is 0 Å². The van der Waals surface area contributed by atoms with Gasteiger partial charge in [0.25, 0.3) is 9.84 Å². The van der Waals surface area contributed by atoms with Crippen molar-refractivity contribution in [3.8, 4) is 0 Å². The SMILES string of the molecule is [C-]#[N+]C(C)(CC(=C)c1ccc(C)cc1)S(=O)(=O)c1ccc(C)cc1. The van der Waals surface area contributed by atoms with E-state index in [0.717, 1.165) is 16.7 Å². The molecule has 2 aromatic carbocycles. The van der Waals surface area contributed by atoms with Crippen LogP contribution in [0.2, 0.25) is 0 Å². The first-order valence-electron chi connectivity index (χ1n) is 7.64. The monoisotopic (exact) mass is 339 g/mol. The molecule has 1 unspecified atom stereocenters. The van der Waals surface area contributed by atoms with Gasteiger partial charge in [0.05, 0.1) is 11.3 Å². The predicted octanol–water partition coefficient (Wildman–Crippen LogP) is 4.82. The van der Waals surface area contributed by atoms with Crippen molar-refractivity contribution < 1.29 is 8.42 Å². The molecule has 24 heavy (non-hydrogen) atoms. The molecule has 0 saturated carbocycles. The lowest BCUT2D eigenvalue weighted by molar-refractivity contribution is 0.564. The van der Waals surface area contributed by atoms with Crippen molar-refractivity contribution in [2.75, 3.05) is 0 Å². The van der Waals surface area contributed by atoms with Crippen molar-refractivity contribution in [2.45, 2.75) is 37.0 Å². The summed E-state index contributed by atoms with van der Waals surface area (Å²) in [6, 6.07) is 14.3. The molecular weight excluding hydrogens is 318 g/mol. The summed E-state index contributed by atoms with van der Waals surface area (Å²) < 4.78 is 25.9. The number of benzene rings is 2. The van der Waals surface area contributed by atoms with Gasteiger partial charge in [-0.25, -0.2) is 15.0 Å². The maximum Gasteiger partial charge on any atom is 0.334 e. The normalized spacial score (nSPS) is 13.8. The Morgan fingerprint density at radius 1 is 1.04 bits per heavy atom. The first-order valence-corrected chi connectivity index (χ1v) is 9.13. The van der Waals surface area contributed by atoms with Gasteiger partial charge in [0.15, 0.2) is 0 Å². The van der Waals surface area contributed by atoms with Crippen molar-refractivity contribution in [2.24, 2.45) is 0 Å². The van der Waals surface area contributed by atoms with Crippen LogP contribution in [0.1, 0.15) is 30.0 Å². The lowest BCUT2D eigenvalue weighted by atomic mass is 10.00. The van der Waals surface area contributed by atoms with Crippen LogP contribution in [0.5, 0.6) is 0 Å². The van der Waals surface area contributed by atoms with Crippen LogP contribution >= 0.6 is 0 Å². The van der Waals surface area contributed by atoms with Crippen LogP contribution in [-0.2, 0) is 9.84 Å². The van der Waals surface area contributed by atoms with Gasteiger partial charge in [-0.1, -0.05) is 54.1 Å². The molecule has 3 nitrogen and oxygen atoms in total. The fourth-order valence-electron chi connectivity index (χ4n) is 2.45. The minimum Gasteiger partial charge on any atom is -0.293 e. The van der Waals surface area contributed by atoms with E-state index in [0.29, 0.717) is 5.57 Å². The van der Waals surface area contributed by atoms with Gasteiger partial charge >= 0.3 is 4.87 Å². The molecule has 0 aliphatic rings. The third kappa shape index (κ3) is 3.42. The molecule has 0 aliphatic carbocycles. The summed E-state index contributed by atoms with van der Waals surface area (Å²) in [6.07, 6.45) is 0.0652. The molecule has 0 fully saturated rings. The molecule has 0 amide bonds. The number of hydrogen-bond donors (Lipinski definition) is 0. The molecular formula is C20H21NO2S. The van der Waals surface area contributed by atoms with Crippen LogP contribution in [0, 0.1) is 20.4 Å². The second-order valence-corrected chi connectivity index (χ2v) is 8.61. The van der Waals surface area contributed by atoms with Gasteiger partial charge in [0, 0.05) is 6.92 Å². The summed E-state index contributed by atoms with van der Waals surface area (Å²) in [5, 5.41) is 0. The Labute approximate surface area is 144 Å². The molecule has 0 N–H and O–H groups in total.